The van der Waals surface area contributed by atoms with Crippen LogP contribution in [-0.2, 0) is 11.2 Å². The van der Waals surface area contributed by atoms with Gasteiger partial charge in [0, 0.05) is 16.1 Å². The molecule has 152 valence electrons. The van der Waals surface area contributed by atoms with Crippen molar-refractivity contribution < 1.29 is 14.1 Å². The van der Waals surface area contributed by atoms with Crippen LogP contribution in [0.1, 0.15) is 17.4 Å². The van der Waals surface area contributed by atoms with E-state index in [2.05, 4.69) is 22.4 Å². The molecule has 2 aromatic carbocycles. The van der Waals surface area contributed by atoms with Gasteiger partial charge in [-0.05, 0) is 61.4 Å². The van der Waals surface area contributed by atoms with E-state index in [1.807, 2.05) is 55.5 Å². The van der Waals surface area contributed by atoms with Gasteiger partial charge in [-0.25, -0.2) is 0 Å². The van der Waals surface area contributed by atoms with Crippen LogP contribution in [0.3, 0.4) is 0 Å². The minimum absolute atomic E-state index is 0.0713. The van der Waals surface area contributed by atoms with Crippen molar-refractivity contribution in [2.75, 3.05) is 11.9 Å². The summed E-state index contributed by atoms with van der Waals surface area (Å²) in [5.74, 6) is 1.38. The summed E-state index contributed by atoms with van der Waals surface area (Å²) in [6.45, 7) is 4.05. The van der Waals surface area contributed by atoms with Crippen LogP contribution in [0.2, 0.25) is 0 Å². The van der Waals surface area contributed by atoms with E-state index in [-0.39, 0.29) is 12.5 Å². The lowest BCUT2D eigenvalue weighted by molar-refractivity contribution is -0.118. The number of aryl methyl sites for hydroxylation is 2. The molecule has 30 heavy (non-hydrogen) atoms. The highest BCUT2D eigenvalue weighted by atomic mass is 32.1. The first-order chi connectivity index (χ1) is 14.6. The average Bonchev–Trinajstić information content (AvgIpc) is 3.42. The minimum atomic E-state index is -0.244. The third-order valence-electron chi connectivity index (χ3n) is 4.48. The number of ether oxygens (including phenoxy) is 1. The third kappa shape index (κ3) is 4.75. The third-order valence-corrected chi connectivity index (χ3v) is 5.48. The molecule has 0 aliphatic rings. The van der Waals surface area contributed by atoms with Crippen LogP contribution < -0.4 is 10.1 Å². The summed E-state index contributed by atoms with van der Waals surface area (Å²) in [5.41, 5.74) is 2.59. The maximum absolute atomic E-state index is 12.3. The highest BCUT2D eigenvalue weighted by molar-refractivity contribution is 7.15. The standard InChI is InChI=1S/C23H21N3O3S/c1-3-16-8-10-19(11-9-16)28-14-21(27)24-18-6-4-5-17(13-18)23-25-22(26-29-23)20-12-7-15(2)30-20/h4-13H,3,14H2,1-2H3,(H,24,27). The van der Waals surface area contributed by atoms with E-state index >= 15 is 0 Å². The molecule has 0 aliphatic heterocycles. The number of rotatable bonds is 7. The van der Waals surface area contributed by atoms with Gasteiger partial charge < -0.3 is 14.6 Å². The number of carbonyl (C=O) groups is 1. The number of thiophene rings is 1. The van der Waals surface area contributed by atoms with Gasteiger partial charge in [-0.15, -0.1) is 11.3 Å². The van der Waals surface area contributed by atoms with E-state index in [9.17, 15) is 4.79 Å². The van der Waals surface area contributed by atoms with Crippen molar-refractivity contribution in [3.05, 3.63) is 71.1 Å². The summed E-state index contributed by atoms with van der Waals surface area (Å²) in [5, 5.41) is 6.89. The molecule has 1 N–H and O–H groups in total. The van der Waals surface area contributed by atoms with E-state index in [1.54, 1.807) is 23.5 Å². The Labute approximate surface area is 178 Å². The number of nitrogens with one attached hydrogen (secondary N) is 1. The van der Waals surface area contributed by atoms with Crippen molar-refractivity contribution >= 4 is 22.9 Å². The molecular formula is C23H21N3O3S. The second-order valence-electron chi connectivity index (χ2n) is 6.75. The lowest BCUT2D eigenvalue weighted by Gasteiger charge is -2.08. The molecule has 0 atom stereocenters. The van der Waals surface area contributed by atoms with Crippen LogP contribution in [0.4, 0.5) is 5.69 Å². The molecule has 0 bridgehead atoms. The Kier molecular flexibility index (Phi) is 5.90. The molecule has 0 saturated heterocycles. The van der Waals surface area contributed by atoms with Crippen LogP contribution >= 0.6 is 11.3 Å². The highest BCUT2D eigenvalue weighted by Gasteiger charge is 2.13. The molecule has 0 aliphatic carbocycles. The molecule has 7 heteroatoms. The molecule has 2 heterocycles. The quantitative estimate of drug-likeness (QED) is 0.437. The zero-order valence-electron chi connectivity index (χ0n) is 16.7. The molecule has 2 aromatic heterocycles. The molecule has 0 saturated carbocycles. The second kappa shape index (κ2) is 8.92. The van der Waals surface area contributed by atoms with Crippen LogP contribution in [0, 0.1) is 6.92 Å². The number of hydrogen-bond donors (Lipinski definition) is 1. The van der Waals surface area contributed by atoms with Gasteiger partial charge in [0.2, 0.25) is 5.82 Å². The van der Waals surface area contributed by atoms with Gasteiger partial charge >= 0.3 is 0 Å². The first-order valence-corrected chi connectivity index (χ1v) is 10.4. The predicted octanol–water partition coefficient (Wildman–Crippen LogP) is 5.35. The summed E-state index contributed by atoms with van der Waals surface area (Å²) in [4.78, 5) is 18.9. The maximum Gasteiger partial charge on any atom is 0.262 e. The van der Waals surface area contributed by atoms with Gasteiger partial charge in [0.1, 0.15) is 5.75 Å². The minimum Gasteiger partial charge on any atom is -0.484 e. The number of anilines is 1. The van der Waals surface area contributed by atoms with Crippen molar-refractivity contribution in [2.24, 2.45) is 0 Å². The molecule has 4 rings (SSSR count). The fraction of sp³-hybridized carbons (Fsp3) is 0.174. The summed E-state index contributed by atoms with van der Waals surface area (Å²) in [6, 6.07) is 19.0. The second-order valence-corrected chi connectivity index (χ2v) is 8.04. The number of nitrogens with zero attached hydrogens (tertiary/aromatic N) is 2. The topological polar surface area (TPSA) is 77.2 Å². The van der Waals surface area contributed by atoms with Crippen molar-refractivity contribution in [1.82, 2.24) is 10.1 Å². The number of amides is 1. The Morgan fingerprint density at radius 3 is 2.70 bits per heavy atom. The van der Waals surface area contributed by atoms with E-state index in [0.717, 1.165) is 16.9 Å². The molecule has 1 amide bonds. The van der Waals surface area contributed by atoms with Crippen LogP contribution in [0.25, 0.3) is 22.2 Å². The van der Waals surface area contributed by atoms with E-state index in [4.69, 9.17) is 9.26 Å². The fourth-order valence-corrected chi connectivity index (χ4v) is 3.69. The largest absolute Gasteiger partial charge is 0.484 e. The van der Waals surface area contributed by atoms with Gasteiger partial charge in [-0.1, -0.05) is 30.3 Å². The van der Waals surface area contributed by atoms with E-state index in [1.165, 1.54) is 10.4 Å². The molecule has 4 aromatic rings. The first kappa shape index (κ1) is 19.8. The van der Waals surface area contributed by atoms with Crippen LogP contribution in [0.15, 0.2) is 65.2 Å². The first-order valence-electron chi connectivity index (χ1n) is 9.63. The Bertz CT molecular complexity index is 1150. The molecule has 0 unspecified atom stereocenters. The summed E-state index contributed by atoms with van der Waals surface area (Å²) >= 11 is 1.61. The zero-order valence-corrected chi connectivity index (χ0v) is 17.5. The van der Waals surface area contributed by atoms with E-state index in [0.29, 0.717) is 23.2 Å². The van der Waals surface area contributed by atoms with Gasteiger partial charge in [0.05, 0.1) is 4.88 Å². The molecule has 0 fully saturated rings. The molecule has 0 spiro atoms. The monoisotopic (exact) mass is 419 g/mol. The number of carbonyl (C=O) groups excluding carboxylic acids is 1. The van der Waals surface area contributed by atoms with Gasteiger partial charge in [-0.3, -0.25) is 4.79 Å². The lowest BCUT2D eigenvalue weighted by atomic mass is 10.2. The smallest absolute Gasteiger partial charge is 0.262 e. The van der Waals surface area contributed by atoms with E-state index < -0.39 is 0 Å². The van der Waals surface area contributed by atoms with Crippen LogP contribution in [0.5, 0.6) is 5.75 Å². The van der Waals surface area contributed by atoms with Gasteiger partial charge in [0.15, 0.2) is 6.61 Å². The van der Waals surface area contributed by atoms with Gasteiger partial charge in [0.25, 0.3) is 11.8 Å². The molecular weight excluding hydrogens is 398 g/mol. The summed E-state index contributed by atoms with van der Waals surface area (Å²) in [6.07, 6.45) is 0.964. The lowest BCUT2D eigenvalue weighted by Crippen LogP contribution is -2.20. The SMILES string of the molecule is CCc1ccc(OCC(=O)Nc2cccc(-c3nc(-c4ccc(C)s4)no3)c2)cc1. The Balaban J connectivity index is 1.39. The number of benzene rings is 2. The van der Waals surface area contributed by atoms with Crippen molar-refractivity contribution in [3.63, 3.8) is 0 Å². The fourth-order valence-electron chi connectivity index (χ4n) is 2.89. The Morgan fingerprint density at radius 2 is 1.97 bits per heavy atom. The van der Waals surface area contributed by atoms with Crippen molar-refractivity contribution in [2.45, 2.75) is 20.3 Å². The Hall–Kier alpha value is -3.45. The van der Waals surface area contributed by atoms with Crippen molar-refractivity contribution in [1.29, 1.82) is 0 Å². The number of aromatic nitrogens is 2. The summed E-state index contributed by atoms with van der Waals surface area (Å²) in [7, 11) is 0. The normalized spacial score (nSPS) is 10.7. The number of hydrogen-bond acceptors (Lipinski definition) is 6. The van der Waals surface area contributed by atoms with Crippen molar-refractivity contribution in [3.8, 4) is 27.9 Å². The van der Waals surface area contributed by atoms with Gasteiger partial charge in [-0.2, -0.15) is 4.98 Å². The zero-order chi connectivity index (χ0) is 20.9. The molecule has 6 nitrogen and oxygen atoms in total. The highest BCUT2D eigenvalue weighted by Crippen LogP contribution is 2.28. The maximum atomic E-state index is 12.3. The van der Waals surface area contributed by atoms with Crippen LogP contribution in [-0.4, -0.2) is 22.7 Å². The predicted molar refractivity (Wildman–Crippen MR) is 118 cm³/mol. The molecule has 0 radical (unpaired) electrons. The Morgan fingerprint density at radius 1 is 1.13 bits per heavy atom. The summed E-state index contributed by atoms with van der Waals surface area (Å²) < 4.78 is 11.0. The average molecular weight is 420 g/mol.